The smallest absolute Gasteiger partial charge is 0.344 e. The molecule has 5 nitrogen and oxygen atoms in total. The summed E-state index contributed by atoms with van der Waals surface area (Å²) in [7, 11) is 0. The van der Waals surface area contributed by atoms with Crippen molar-refractivity contribution in [2.24, 2.45) is 0 Å². The van der Waals surface area contributed by atoms with Crippen LogP contribution in [0.3, 0.4) is 0 Å². The summed E-state index contributed by atoms with van der Waals surface area (Å²) in [4.78, 5) is 29.7. The summed E-state index contributed by atoms with van der Waals surface area (Å²) in [6.45, 7) is 5.94. The average Bonchev–Trinajstić information content (AvgIpc) is 3.06. The van der Waals surface area contributed by atoms with Crippen molar-refractivity contribution in [3.8, 4) is 22.3 Å². The molecule has 0 N–H and O–H groups in total. The zero-order chi connectivity index (χ0) is 30.7. The van der Waals surface area contributed by atoms with E-state index < -0.39 is 11.3 Å². The Hall–Kier alpha value is -5.68. The number of nitrogens with zero attached hydrogens (tertiary/aromatic N) is 1. The van der Waals surface area contributed by atoms with Crippen molar-refractivity contribution in [2.45, 2.75) is 13.8 Å². The number of benzene rings is 6. The highest BCUT2D eigenvalue weighted by molar-refractivity contribution is 6.21. The maximum Gasteiger partial charge on any atom is 0.344 e. The summed E-state index contributed by atoms with van der Waals surface area (Å²) >= 11 is 0. The van der Waals surface area contributed by atoms with Crippen LogP contribution in [0, 0.1) is 0 Å². The molecule has 8 rings (SSSR count). The third-order valence-corrected chi connectivity index (χ3v) is 8.92. The van der Waals surface area contributed by atoms with E-state index in [1.165, 1.54) is 0 Å². The molecule has 0 saturated heterocycles. The van der Waals surface area contributed by atoms with Gasteiger partial charge in [0.05, 0.1) is 11.1 Å². The molecular formula is C40H29NO4. The van der Waals surface area contributed by atoms with E-state index in [2.05, 4.69) is 36.9 Å². The second-order valence-corrected chi connectivity index (χ2v) is 11.4. The molecule has 0 fully saturated rings. The highest BCUT2D eigenvalue weighted by atomic mass is 16.4. The molecule has 0 atom stereocenters. The van der Waals surface area contributed by atoms with Gasteiger partial charge in [-0.2, -0.15) is 0 Å². The summed E-state index contributed by atoms with van der Waals surface area (Å²) < 4.78 is 11.9. The van der Waals surface area contributed by atoms with Crippen molar-refractivity contribution in [1.29, 1.82) is 0 Å². The Morgan fingerprint density at radius 1 is 0.489 bits per heavy atom. The quantitative estimate of drug-likeness (QED) is 0.148. The second kappa shape index (κ2) is 10.5. The number of hydrogen-bond donors (Lipinski definition) is 0. The molecule has 6 aromatic carbocycles. The number of anilines is 1. The van der Waals surface area contributed by atoms with Crippen molar-refractivity contribution in [3.63, 3.8) is 0 Å². The fourth-order valence-electron chi connectivity index (χ4n) is 6.75. The molecule has 0 spiro atoms. The van der Waals surface area contributed by atoms with Crippen LogP contribution in [0.4, 0.5) is 5.69 Å². The normalized spacial score (nSPS) is 11.7. The van der Waals surface area contributed by atoms with E-state index in [4.69, 9.17) is 8.83 Å². The minimum Gasteiger partial charge on any atom is -0.422 e. The molecule has 2 aromatic heterocycles. The van der Waals surface area contributed by atoms with Gasteiger partial charge in [-0.3, -0.25) is 0 Å². The van der Waals surface area contributed by atoms with Gasteiger partial charge < -0.3 is 13.7 Å². The lowest BCUT2D eigenvalue weighted by Crippen LogP contribution is -2.21. The average molecular weight is 588 g/mol. The van der Waals surface area contributed by atoms with Crippen molar-refractivity contribution in [2.75, 3.05) is 18.0 Å². The van der Waals surface area contributed by atoms with Crippen molar-refractivity contribution >= 4 is 59.9 Å². The predicted octanol–water partition coefficient (Wildman–Crippen LogP) is 9.54. The molecular weight excluding hydrogens is 558 g/mol. The van der Waals surface area contributed by atoms with Crippen LogP contribution < -0.4 is 16.2 Å². The fraction of sp³-hybridized carbons (Fsp3) is 0.100. The lowest BCUT2D eigenvalue weighted by atomic mass is 9.86. The fourth-order valence-corrected chi connectivity index (χ4v) is 6.75. The first-order valence-electron chi connectivity index (χ1n) is 15.3. The summed E-state index contributed by atoms with van der Waals surface area (Å²) in [5, 5.41) is 7.21. The Bertz CT molecular complexity index is 2520. The Kier molecular flexibility index (Phi) is 6.27. The van der Waals surface area contributed by atoms with E-state index in [1.807, 2.05) is 97.1 Å². The van der Waals surface area contributed by atoms with Gasteiger partial charge in [0.15, 0.2) is 0 Å². The monoisotopic (exact) mass is 587 g/mol. The Balaban J connectivity index is 1.42. The van der Waals surface area contributed by atoms with Crippen LogP contribution in [0.1, 0.15) is 13.8 Å². The Labute approximate surface area is 258 Å². The van der Waals surface area contributed by atoms with Crippen LogP contribution in [0.2, 0.25) is 0 Å². The third-order valence-electron chi connectivity index (χ3n) is 8.92. The van der Waals surface area contributed by atoms with Crippen LogP contribution >= 0.6 is 0 Å². The van der Waals surface area contributed by atoms with Crippen molar-refractivity contribution < 1.29 is 8.83 Å². The summed E-state index contributed by atoms with van der Waals surface area (Å²) in [5.74, 6) is 0. The van der Waals surface area contributed by atoms with Gasteiger partial charge in [0, 0.05) is 46.7 Å². The second-order valence-electron chi connectivity index (χ2n) is 11.4. The van der Waals surface area contributed by atoms with Gasteiger partial charge in [-0.15, -0.1) is 0 Å². The molecule has 2 heterocycles. The molecule has 0 amide bonds. The number of fused-ring (bicyclic) bond motifs is 5. The summed E-state index contributed by atoms with van der Waals surface area (Å²) in [6, 6.07) is 37.7. The SMILES string of the molecule is CCN(CC)c1ccc2cc(-c3c4ccccc4c(-c4cc5cc6ccccc6cc5oc4=O)c4ccccc34)c(=O)oc2c1. The first kappa shape index (κ1) is 26.9. The van der Waals surface area contributed by atoms with Crippen molar-refractivity contribution in [1.82, 2.24) is 0 Å². The van der Waals surface area contributed by atoms with Crippen LogP contribution in [0.25, 0.3) is 76.5 Å². The minimum atomic E-state index is -0.407. The standard InChI is InChI=1S/C40H29NO4/c1-3-41(4-2)28-18-17-26-20-33(39(42)45-36(26)23-28)37-29-13-7-9-15-31(29)38(32-16-10-8-14-30(32)37)34-21-27-19-24-11-5-6-12-25(24)22-35(27)44-40(34)43/h5-23H,3-4H2,1-2H3. The van der Waals surface area contributed by atoms with E-state index in [9.17, 15) is 9.59 Å². The predicted molar refractivity (Wildman–Crippen MR) is 185 cm³/mol. The zero-order valence-electron chi connectivity index (χ0n) is 25.0. The molecule has 45 heavy (non-hydrogen) atoms. The number of rotatable bonds is 5. The van der Waals surface area contributed by atoms with E-state index in [0.717, 1.165) is 73.0 Å². The summed E-state index contributed by atoms with van der Waals surface area (Å²) in [6.07, 6.45) is 0. The first-order valence-corrected chi connectivity index (χ1v) is 15.3. The lowest BCUT2D eigenvalue weighted by Gasteiger charge is -2.21. The zero-order valence-corrected chi connectivity index (χ0v) is 25.0. The van der Waals surface area contributed by atoms with E-state index in [1.54, 1.807) is 0 Å². The van der Waals surface area contributed by atoms with E-state index in [-0.39, 0.29) is 0 Å². The molecule has 0 bridgehead atoms. The van der Waals surface area contributed by atoms with Gasteiger partial charge in [-0.25, -0.2) is 9.59 Å². The van der Waals surface area contributed by atoms with Gasteiger partial charge in [-0.1, -0.05) is 72.8 Å². The molecule has 5 heteroatoms. The van der Waals surface area contributed by atoms with Gasteiger partial charge >= 0.3 is 11.3 Å². The molecule has 0 radical (unpaired) electrons. The van der Waals surface area contributed by atoms with E-state index in [0.29, 0.717) is 22.3 Å². The van der Waals surface area contributed by atoms with E-state index >= 15 is 0 Å². The third kappa shape index (κ3) is 4.31. The molecule has 0 aliphatic heterocycles. The molecule has 0 aliphatic carbocycles. The van der Waals surface area contributed by atoms with Crippen molar-refractivity contribution in [3.05, 3.63) is 136 Å². The Morgan fingerprint density at radius 3 is 1.49 bits per heavy atom. The topological polar surface area (TPSA) is 63.7 Å². The van der Waals surface area contributed by atoms with Gasteiger partial charge in [-0.05, 0) is 82.6 Å². The number of hydrogen-bond acceptors (Lipinski definition) is 5. The maximum atomic E-state index is 13.8. The highest BCUT2D eigenvalue weighted by Crippen LogP contribution is 2.43. The molecule has 218 valence electrons. The minimum absolute atomic E-state index is 0.403. The highest BCUT2D eigenvalue weighted by Gasteiger charge is 2.22. The molecule has 0 saturated carbocycles. The van der Waals surface area contributed by atoms with Gasteiger partial charge in [0.25, 0.3) is 0 Å². The van der Waals surface area contributed by atoms with Crippen LogP contribution in [0.5, 0.6) is 0 Å². The molecule has 0 aliphatic rings. The maximum absolute atomic E-state index is 13.8. The summed E-state index contributed by atoms with van der Waals surface area (Å²) in [5.41, 5.74) is 3.83. The lowest BCUT2D eigenvalue weighted by molar-refractivity contribution is 0.563. The Morgan fingerprint density at radius 2 is 0.956 bits per heavy atom. The van der Waals surface area contributed by atoms with Gasteiger partial charge in [0.1, 0.15) is 11.2 Å². The van der Waals surface area contributed by atoms with Crippen LogP contribution in [0.15, 0.2) is 134 Å². The first-order chi connectivity index (χ1) is 22.0. The molecule has 8 aromatic rings. The van der Waals surface area contributed by atoms with Gasteiger partial charge in [0.2, 0.25) is 0 Å². The van der Waals surface area contributed by atoms with Crippen LogP contribution in [-0.4, -0.2) is 13.1 Å². The molecule has 0 unspecified atom stereocenters. The van der Waals surface area contributed by atoms with Crippen LogP contribution in [-0.2, 0) is 0 Å². The largest absolute Gasteiger partial charge is 0.422 e.